The topological polar surface area (TPSA) is 119 Å². The van der Waals surface area contributed by atoms with Gasteiger partial charge >= 0.3 is 0 Å². The molecule has 3 fully saturated rings. The van der Waals surface area contributed by atoms with E-state index < -0.39 is 17.7 Å². The first-order valence-corrected chi connectivity index (χ1v) is 13.8. The Morgan fingerprint density at radius 3 is 2.44 bits per heavy atom. The van der Waals surface area contributed by atoms with Crippen LogP contribution in [0.25, 0.3) is 0 Å². The van der Waals surface area contributed by atoms with Crippen LogP contribution in [0.1, 0.15) is 38.2 Å². The zero-order valence-corrected chi connectivity index (χ0v) is 22.8. The van der Waals surface area contributed by atoms with Crippen molar-refractivity contribution < 1.29 is 33.3 Å². The molecule has 1 spiro atoms. The van der Waals surface area contributed by atoms with Gasteiger partial charge in [0.2, 0.25) is 11.8 Å². The largest absolute Gasteiger partial charge is 0.497 e. The maximum absolute atomic E-state index is 13.7. The monoisotopic (exact) mass is 541 g/mol. The highest BCUT2D eigenvalue weighted by atomic mass is 16.6. The maximum Gasteiger partial charge on any atom is 0.243 e. The lowest BCUT2D eigenvalue weighted by Crippen LogP contribution is -2.64. The second-order valence-electron chi connectivity index (χ2n) is 11.3. The number of hydrogen-bond donors (Lipinski definition) is 2. The van der Waals surface area contributed by atoms with Crippen LogP contribution in [-0.4, -0.2) is 99.0 Å². The zero-order valence-electron chi connectivity index (χ0n) is 22.8. The molecular weight excluding hydrogens is 502 g/mol. The smallest absolute Gasteiger partial charge is 0.243 e. The standard InChI is InChI=1S/C29H39N3O7/c1-28(17-39-28)26(34)23(13-20-5-3-4-6-20)31-27(35)24(14-21-7-9-22(36-2)10-8-21)30-25(33)15-32-11-12-38-29(16-32)18-37-19-29/h5,7-10,23-24H,3-4,6,11-19H2,1-2H3,(H,30,33)(H,31,35)/t23-,24-,28+/m0/s1. The zero-order chi connectivity index (χ0) is 27.5. The van der Waals surface area contributed by atoms with E-state index in [1.807, 2.05) is 29.2 Å². The first-order chi connectivity index (χ1) is 18.8. The molecule has 3 saturated heterocycles. The van der Waals surface area contributed by atoms with Crippen LogP contribution in [-0.2, 0) is 35.0 Å². The second kappa shape index (κ2) is 11.8. The number of allylic oxidation sites excluding steroid dienone is 1. The Bertz CT molecular complexity index is 1090. The highest BCUT2D eigenvalue weighted by Crippen LogP contribution is 2.31. The third-order valence-corrected chi connectivity index (χ3v) is 8.01. The lowest BCUT2D eigenvalue weighted by atomic mass is 9.94. The Morgan fingerprint density at radius 2 is 1.82 bits per heavy atom. The number of epoxide rings is 1. The predicted octanol–water partition coefficient (Wildman–Crippen LogP) is 1.17. The van der Waals surface area contributed by atoms with Crippen LogP contribution < -0.4 is 15.4 Å². The van der Waals surface area contributed by atoms with Crippen LogP contribution in [0.5, 0.6) is 5.75 Å². The predicted molar refractivity (Wildman–Crippen MR) is 142 cm³/mol. The molecule has 3 aliphatic heterocycles. The van der Waals surface area contributed by atoms with Gasteiger partial charge in [0.25, 0.3) is 0 Å². The van der Waals surface area contributed by atoms with Gasteiger partial charge in [-0.2, -0.15) is 0 Å². The number of benzene rings is 1. The van der Waals surface area contributed by atoms with E-state index >= 15 is 0 Å². The van der Waals surface area contributed by atoms with Gasteiger partial charge in [-0.15, -0.1) is 0 Å². The van der Waals surface area contributed by atoms with Crippen molar-refractivity contribution in [2.24, 2.45) is 0 Å². The van der Waals surface area contributed by atoms with E-state index in [1.54, 1.807) is 14.0 Å². The molecule has 0 radical (unpaired) electrons. The average molecular weight is 542 g/mol. The van der Waals surface area contributed by atoms with Crippen molar-refractivity contribution in [3.05, 3.63) is 41.5 Å². The molecule has 0 aromatic heterocycles. The summed E-state index contributed by atoms with van der Waals surface area (Å²) in [5.74, 6) is -0.0521. The molecule has 10 nitrogen and oxygen atoms in total. The van der Waals surface area contributed by atoms with Crippen LogP contribution >= 0.6 is 0 Å². The minimum atomic E-state index is -0.858. The van der Waals surface area contributed by atoms with Crippen molar-refractivity contribution in [1.82, 2.24) is 15.5 Å². The van der Waals surface area contributed by atoms with Crippen LogP contribution in [0.4, 0.5) is 0 Å². The van der Waals surface area contributed by atoms with Crippen molar-refractivity contribution >= 4 is 17.6 Å². The number of hydrogen-bond acceptors (Lipinski definition) is 8. The molecule has 1 aromatic rings. The van der Waals surface area contributed by atoms with Crippen LogP contribution in [0, 0.1) is 0 Å². The number of morpholine rings is 1. The lowest BCUT2D eigenvalue weighted by molar-refractivity contribution is -0.237. The summed E-state index contributed by atoms with van der Waals surface area (Å²) in [6.45, 7) is 5.11. The minimum absolute atomic E-state index is 0.125. The van der Waals surface area contributed by atoms with Gasteiger partial charge in [0.05, 0.1) is 46.1 Å². The normalized spacial score (nSPS) is 25.2. The van der Waals surface area contributed by atoms with Crippen LogP contribution in [0.15, 0.2) is 35.9 Å². The Morgan fingerprint density at radius 1 is 1.05 bits per heavy atom. The molecule has 0 unspecified atom stereocenters. The fourth-order valence-electron chi connectivity index (χ4n) is 5.50. The Balaban J connectivity index is 1.28. The molecule has 39 heavy (non-hydrogen) atoms. The molecule has 0 bridgehead atoms. The van der Waals surface area contributed by atoms with Gasteiger partial charge in [-0.05, 0) is 50.3 Å². The Labute approximate surface area is 229 Å². The van der Waals surface area contributed by atoms with Crippen molar-refractivity contribution in [2.45, 2.75) is 62.3 Å². The van der Waals surface area contributed by atoms with Crippen molar-refractivity contribution in [3.8, 4) is 5.75 Å². The SMILES string of the molecule is COc1ccc(C[C@H](NC(=O)CN2CCOC3(COC3)C2)C(=O)N[C@@H](CC2=CCCC2)C(=O)[C@@]2(C)CO2)cc1. The lowest BCUT2D eigenvalue weighted by Gasteiger charge is -2.47. The van der Waals surface area contributed by atoms with Gasteiger partial charge in [0.1, 0.15) is 23.0 Å². The van der Waals surface area contributed by atoms with Gasteiger partial charge < -0.3 is 29.6 Å². The fraction of sp³-hybridized carbons (Fsp3) is 0.621. The number of carbonyl (C=O) groups excluding carboxylic acids is 3. The number of carbonyl (C=O) groups is 3. The highest BCUT2D eigenvalue weighted by molar-refractivity contribution is 5.98. The summed E-state index contributed by atoms with van der Waals surface area (Å²) in [6, 6.07) is 5.84. The van der Waals surface area contributed by atoms with Gasteiger partial charge in [-0.25, -0.2) is 0 Å². The number of ether oxygens (including phenoxy) is 4. The quantitative estimate of drug-likeness (QED) is 0.299. The second-order valence-corrected chi connectivity index (χ2v) is 11.3. The molecule has 3 atom stereocenters. The van der Waals surface area contributed by atoms with Crippen molar-refractivity contribution in [1.29, 1.82) is 0 Å². The number of amides is 2. The third-order valence-electron chi connectivity index (χ3n) is 8.01. The Hall–Kier alpha value is -2.79. The van der Waals surface area contributed by atoms with E-state index in [0.717, 1.165) is 24.8 Å². The van der Waals surface area contributed by atoms with Crippen molar-refractivity contribution in [2.75, 3.05) is 53.2 Å². The van der Waals surface area contributed by atoms with Gasteiger partial charge in [0.15, 0.2) is 5.78 Å². The van der Waals surface area contributed by atoms with Gasteiger partial charge in [-0.3, -0.25) is 19.3 Å². The molecule has 1 aromatic carbocycles. The van der Waals surface area contributed by atoms with E-state index in [4.69, 9.17) is 18.9 Å². The molecule has 4 aliphatic rings. The van der Waals surface area contributed by atoms with Crippen molar-refractivity contribution in [3.63, 3.8) is 0 Å². The summed E-state index contributed by atoms with van der Waals surface area (Å²) in [4.78, 5) is 42.2. The molecule has 5 rings (SSSR count). The maximum atomic E-state index is 13.7. The Kier molecular flexibility index (Phi) is 8.37. The number of ketones is 1. The molecule has 2 N–H and O–H groups in total. The summed E-state index contributed by atoms with van der Waals surface area (Å²) in [6.07, 6.45) is 5.87. The minimum Gasteiger partial charge on any atom is -0.497 e. The highest BCUT2D eigenvalue weighted by Gasteiger charge is 2.50. The summed E-state index contributed by atoms with van der Waals surface area (Å²) in [5.41, 5.74) is 0.854. The average Bonchev–Trinajstić information content (AvgIpc) is 3.45. The van der Waals surface area contributed by atoms with Crippen LogP contribution in [0.3, 0.4) is 0 Å². The molecule has 212 valence electrons. The summed E-state index contributed by atoms with van der Waals surface area (Å²) in [7, 11) is 1.60. The number of nitrogens with zero attached hydrogens (tertiary/aromatic N) is 1. The van der Waals surface area contributed by atoms with Gasteiger partial charge in [-0.1, -0.05) is 23.8 Å². The summed E-state index contributed by atoms with van der Waals surface area (Å²) >= 11 is 0. The number of rotatable bonds is 12. The molecule has 2 amide bonds. The van der Waals surface area contributed by atoms with E-state index in [2.05, 4.69) is 16.7 Å². The number of methoxy groups -OCH3 is 1. The third kappa shape index (κ3) is 6.87. The summed E-state index contributed by atoms with van der Waals surface area (Å²) < 4.78 is 21.9. The van der Waals surface area contributed by atoms with E-state index in [1.165, 1.54) is 5.57 Å². The molecule has 10 heteroatoms. The number of nitrogens with one attached hydrogen (secondary N) is 2. The fourth-order valence-corrected chi connectivity index (χ4v) is 5.50. The molecule has 1 aliphatic carbocycles. The van der Waals surface area contributed by atoms with E-state index in [-0.39, 0.29) is 36.2 Å². The summed E-state index contributed by atoms with van der Waals surface area (Å²) in [5, 5.41) is 5.92. The molecule has 0 saturated carbocycles. The molecule has 3 heterocycles. The number of Topliss-reactive ketones (excluding diaryl/α,β-unsaturated/α-hetero) is 1. The first-order valence-electron chi connectivity index (χ1n) is 13.8. The van der Waals surface area contributed by atoms with E-state index in [9.17, 15) is 14.4 Å². The van der Waals surface area contributed by atoms with Crippen LogP contribution in [0.2, 0.25) is 0 Å². The first kappa shape index (κ1) is 27.8. The van der Waals surface area contributed by atoms with E-state index in [0.29, 0.717) is 51.7 Å². The van der Waals surface area contributed by atoms with Gasteiger partial charge in [0, 0.05) is 19.5 Å². The molecular formula is C29H39N3O7.